The van der Waals surface area contributed by atoms with E-state index in [-0.39, 0.29) is 12.5 Å². The van der Waals surface area contributed by atoms with Gasteiger partial charge < -0.3 is 9.64 Å². The molecule has 0 unspecified atom stereocenters. The maximum Gasteiger partial charge on any atom is 0.253 e. The Labute approximate surface area is 164 Å². The lowest BCUT2D eigenvalue weighted by molar-refractivity contribution is -0.123. The lowest BCUT2D eigenvalue weighted by Crippen LogP contribution is -2.32. The number of amides is 1. The summed E-state index contributed by atoms with van der Waals surface area (Å²) in [5.41, 5.74) is 6.73. The summed E-state index contributed by atoms with van der Waals surface area (Å²) in [7, 11) is 0. The van der Waals surface area contributed by atoms with Crippen LogP contribution in [-0.4, -0.2) is 12.5 Å². The molecule has 1 amide bonds. The number of benzene rings is 3. The molecule has 4 nitrogen and oxygen atoms in total. The van der Waals surface area contributed by atoms with Gasteiger partial charge >= 0.3 is 0 Å². The average molecular weight is 368 g/mol. The number of aryl methyl sites for hydroxylation is 1. The van der Waals surface area contributed by atoms with Crippen LogP contribution in [-0.2, 0) is 22.7 Å². The number of hydrogen-bond donors (Lipinski definition) is 0. The standard InChI is InChI=1S/C24H20N2O2/c1-17-5-7-18(8-6-17)14-26-23-10-9-21(12-22(23)15-28-16-24(26)27)20-4-2-3-19(11-20)13-25/h2-12H,14-16H2,1H3. The summed E-state index contributed by atoms with van der Waals surface area (Å²) in [5, 5.41) is 9.15. The highest BCUT2D eigenvalue weighted by molar-refractivity contribution is 5.96. The molecule has 0 fully saturated rings. The molecule has 0 aromatic heterocycles. The normalized spacial score (nSPS) is 13.6. The number of ether oxygens (including phenoxy) is 1. The van der Waals surface area contributed by atoms with Gasteiger partial charge in [-0.1, -0.05) is 48.0 Å². The number of nitrogens with zero attached hydrogens (tertiary/aromatic N) is 2. The Kier molecular flexibility index (Phi) is 4.92. The van der Waals surface area contributed by atoms with E-state index in [0.717, 1.165) is 27.9 Å². The van der Waals surface area contributed by atoms with Crippen molar-refractivity contribution in [2.45, 2.75) is 20.1 Å². The second-order valence-corrected chi connectivity index (χ2v) is 6.99. The van der Waals surface area contributed by atoms with Crippen LogP contribution in [0.15, 0.2) is 66.7 Å². The third kappa shape index (κ3) is 3.66. The van der Waals surface area contributed by atoms with Crippen molar-refractivity contribution in [3.63, 3.8) is 0 Å². The first-order valence-electron chi connectivity index (χ1n) is 9.21. The number of carbonyl (C=O) groups excluding carboxylic acids is 1. The zero-order valence-corrected chi connectivity index (χ0v) is 15.7. The molecular formula is C24H20N2O2. The van der Waals surface area contributed by atoms with Crippen LogP contribution >= 0.6 is 0 Å². The molecule has 28 heavy (non-hydrogen) atoms. The first-order valence-corrected chi connectivity index (χ1v) is 9.21. The van der Waals surface area contributed by atoms with Crippen LogP contribution in [0, 0.1) is 18.3 Å². The number of fused-ring (bicyclic) bond motifs is 1. The minimum Gasteiger partial charge on any atom is -0.367 e. The van der Waals surface area contributed by atoms with Gasteiger partial charge in [0.1, 0.15) is 6.61 Å². The smallest absolute Gasteiger partial charge is 0.253 e. The number of rotatable bonds is 3. The molecule has 0 spiro atoms. The van der Waals surface area contributed by atoms with Crippen molar-refractivity contribution in [1.82, 2.24) is 0 Å². The van der Waals surface area contributed by atoms with Gasteiger partial charge in [0.2, 0.25) is 0 Å². The van der Waals surface area contributed by atoms with Gasteiger partial charge in [0.25, 0.3) is 5.91 Å². The Morgan fingerprint density at radius 3 is 2.57 bits per heavy atom. The summed E-state index contributed by atoms with van der Waals surface area (Å²) in [6.45, 7) is 3.02. The van der Waals surface area contributed by atoms with Crippen LogP contribution in [0.1, 0.15) is 22.3 Å². The number of nitriles is 1. The fraction of sp³-hybridized carbons (Fsp3) is 0.167. The fourth-order valence-corrected chi connectivity index (χ4v) is 3.42. The highest BCUT2D eigenvalue weighted by Crippen LogP contribution is 2.31. The van der Waals surface area contributed by atoms with Gasteiger partial charge in [-0.25, -0.2) is 0 Å². The zero-order chi connectivity index (χ0) is 19.5. The molecule has 0 saturated carbocycles. The van der Waals surface area contributed by atoms with E-state index < -0.39 is 0 Å². The Bertz CT molecular complexity index is 1060. The topological polar surface area (TPSA) is 53.3 Å². The first kappa shape index (κ1) is 18.0. The molecule has 138 valence electrons. The lowest BCUT2D eigenvalue weighted by atomic mass is 10.00. The predicted molar refractivity (Wildman–Crippen MR) is 109 cm³/mol. The molecule has 3 aromatic carbocycles. The molecule has 1 aliphatic heterocycles. The van der Waals surface area contributed by atoms with E-state index in [4.69, 9.17) is 10.00 Å². The van der Waals surface area contributed by atoms with Crippen LogP contribution in [0.5, 0.6) is 0 Å². The second kappa shape index (κ2) is 7.67. The van der Waals surface area contributed by atoms with E-state index >= 15 is 0 Å². The van der Waals surface area contributed by atoms with Crippen molar-refractivity contribution in [2.24, 2.45) is 0 Å². The largest absolute Gasteiger partial charge is 0.367 e. The predicted octanol–water partition coefficient (Wildman–Crippen LogP) is 4.60. The van der Waals surface area contributed by atoms with E-state index in [0.29, 0.717) is 18.7 Å². The highest BCUT2D eigenvalue weighted by Gasteiger charge is 2.23. The maximum atomic E-state index is 12.7. The molecule has 4 rings (SSSR count). The molecule has 0 radical (unpaired) electrons. The number of anilines is 1. The SMILES string of the molecule is Cc1ccc(CN2C(=O)COCc3cc(-c4cccc(C#N)c4)ccc32)cc1. The monoisotopic (exact) mass is 368 g/mol. The van der Waals surface area contributed by atoms with Gasteiger partial charge in [-0.2, -0.15) is 5.26 Å². The third-order valence-electron chi connectivity index (χ3n) is 4.94. The summed E-state index contributed by atoms with van der Waals surface area (Å²) in [4.78, 5) is 14.4. The Morgan fingerprint density at radius 1 is 1.00 bits per heavy atom. The number of carbonyl (C=O) groups is 1. The van der Waals surface area contributed by atoms with Gasteiger partial charge in [0, 0.05) is 11.3 Å². The Hall–Kier alpha value is -3.42. The molecule has 0 N–H and O–H groups in total. The van der Waals surface area contributed by atoms with Crippen LogP contribution in [0.3, 0.4) is 0 Å². The minimum absolute atomic E-state index is 0.0430. The van der Waals surface area contributed by atoms with Crippen LogP contribution in [0.25, 0.3) is 11.1 Å². The molecule has 1 aliphatic rings. The fourth-order valence-electron chi connectivity index (χ4n) is 3.42. The molecule has 0 bridgehead atoms. The molecule has 0 aliphatic carbocycles. The van der Waals surface area contributed by atoms with Crippen molar-refractivity contribution in [2.75, 3.05) is 11.5 Å². The van der Waals surface area contributed by atoms with Crippen LogP contribution in [0.4, 0.5) is 5.69 Å². The molecule has 0 saturated heterocycles. The summed E-state index contributed by atoms with van der Waals surface area (Å²) < 4.78 is 5.61. The molecule has 0 atom stereocenters. The quantitative estimate of drug-likeness (QED) is 0.679. The Balaban J connectivity index is 1.70. The van der Waals surface area contributed by atoms with Crippen molar-refractivity contribution in [1.29, 1.82) is 5.26 Å². The van der Waals surface area contributed by atoms with Gasteiger partial charge in [0.05, 0.1) is 24.8 Å². The van der Waals surface area contributed by atoms with Gasteiger partial charge in [-0.15, -0.1) is 0 Å². The maximum absolute atomic E-state index is 12.7. The van der Waals surface area contributed by atoms with Crippen molar-refractivity contribution >= 4 is 11.6 Å². The minimum atomic E-state index is -0.0430. The second-order valence-electron chi connectivity index (χ2n) is 6.99. The van der Waals surface area contributed by atoms with Crippen LogP contribution < -0.4 is 4.90 Å². The summed E-state index contributed by atoms with van der Waals surface area (Å²) in [5.74, 6) is -0.0430. The van der Waals surface area contributed by atoms with Crippen molar-refractivity contribution in [3.8, 4) is 17.2 Å². The lowest BCUT2D eigenvalue weighted by Gasteiger charge is -2.23. The Morgan fingerprint density at radius 2 is 1.79 bits per heavy atom. The van der Waals surface area contributed by atoms with Crippen molar-refractivity contribution in [3.05, 3.63) is 89.0 Å². The van der Waals surface area contributed by atoms with Crippen LogP contribution in [0.2, 0.25) is 0 Å². The van der Waals surface area contributed by atoms with E-state index in [1.807, 2.05) is 43.3 Å². The van der Waals surface area contributed by atoms with Gasteiger partial charge in [-0.3, -0.25) is 4.79 Å². The average Bonchev–Trinajstić information content (AvgIpc) is 2.88. The molecule has 4 heteroatoms. The van der Waals surface area contributed by atoms with Crippen molar-refractivity contribution < 1.29 is 9.53 Å². The highest BCUT2D eigenvalue weighted by atomic mass is 16.5. The first-order chi connectivity index (χ1) is 13.6. The summed E-state index contributed by atoms with van der Waals surface area (Å²) in [6, 6.07) is 23.9. The summed E-state index contributed by atoms with van der Waals surface area (Å²) in [6.07, 6.45) is 0. The molecule has 1 heterocycles. The van der Waals surface area contributed by atoms with E-state index in [1.54, 1.807) is 11.0 Å². The zero-order valence-electron chi connectivity index (χ0n) is 15.7. The van der Waals surface area contributed by atoms with E-state index in [1.165, 1.54) is 5.56 Å². The molecular weight excluding hydrogens is 348 g/mol. The van der Waals surface area contributed by atoms with E-state index in [2.05, 4.69) is 30.3 Å². The molecule has 3 aromatic rings. The summed E-state index contributed by atoms with van der Waals surface area (Å²) >= 11 is 0. The number of hydrogen-bond acceptors (Lipinski definition) is 3. The van der Waals surface area contributed by atoms with E-state index in [9.17, 15) is 4.79 Å². The van der Waals surface area contributed by atoms with Gasteiger partial charge in [-0.05, 0) is 47.9 Å². The van der Waals surface area contributed by atoms with Gasteiger partial charge in [0.15, 0.2) is 0 Å². The third-order valence-corrected chi connectivity index (χ3v) is 4.94.